The third-order valence-corrected chi connectivity index (χ3v) is 18.6. The maximum atomic E-state index is 12.3. The van der Waals surface area contributed by atoms with Crippen LogP contribution in [0.1, 0.15) is 86.8 Å². The number of esters is 2. The fourth-order valence-electron chi connectivity index (χ4n) is 12.5. The van der Waals surface area contributed by atoms with Gasteiger partial charge in [-0.15, -0.1) is 24.9 Å². The molecule has 15 nitrogen and oxygen atoms in total. The molecule has 0 spiro atoms. The van der Waals surface area contributed by atoms with Crippen molar-refractivity contribution in [3.05, 3.63) is 241 Å². The Kier molecular flexibility index (Phi) is 29.8. The van der Waals surface area contributed by atoms with Gasteiger partial charge in [-0.2, -0.15) is 0 Å². The second kappa shape index (κ2) is 38.3. The van der Waals surface area contributed by atoms with Gasteiger partial charge in [0.15, 0.2) is 6.29 Å². The van der Waals surface area contributed by atoms with Crippen LogP contribution in [-0.4, -0.2) is 121 Å². The first kappa shape index (κ1) is 72.5. The molecule has 4 fully saturated rings. The smallest absolute Gasteiger partial charge is 0.308 e. The van der Waals surface area contributed by atoms with Crippen molar-refractivity contribution in [2.75, 3.05) is 20.0 Å². The molecule has 2 N–H and O–H groups in total. The monoisotopic (exact) mass is 1290 g/mol. The molecule has 16 heteroatoms. The summed E-state index contributed by atoms with van der Waals surface area (Å²) in [5, 5.41) is 21.0. The molecule has 0 aromatic heterocycles. The zero-order chi connectivity index (χ0) is 65.9. The highest BCUT2D eigenvalue weighted by molar-refractivity contribution is 7.99. The minimum absolute atomic E-state index is 0.0165. The normalized spacial score (nSPS) is 29.2. The Hall–Kier alpha value is -6.35. The van der Waals surface area contributed by atoms with Crippen molar-refractivity contribution in [3.63, 3.8) is 0 Å². The fourth-order valence-corrected chi connectivity index (χ4v) is 13.5. The maximum absolute atomic E-state index is 12.3. The van der Waals surface area contributed by atoms with Gasteiger partial charge in [0.05, 0.1) is 96.2 Å². The summed E-state index contributed by atoms with van der Waals surface area (Å²) < 4.78 is 68.6. The van der Waals surface area contributed by atoms with E-state index in [4.69, 9.17) is 52.1 Å². The van der Waals surface area contributed by atoms with Crippen LogP contribution < -0.4 is 0 Å². The minimum atomic E-state index is -0.935. The third kappa shape index (κ3) is 21.6. The van der Waals surface area contributed by atoms with E-state index in [0.29, 0.717) is 58.9 Å². The first-order valence-corrected chi connectivity index (χ1v) is 33.6. The molecule has 2 aliphatic carbocycles. The number of benzene rings is 6. The van der Waals surface area contributed by atoms with Crippen molar-refractivity contribution in [2.24, 2.45) is 29.6 Å². The van der Waals surface area contributed by atoms with Crippen molar-refractivity contribution in [1.29, 1.82) is 0 Å². The predicted octanol–water partition coefficient (Wildman–Crippen LogP) is 13.2. The summed E-state index contributed by atoms with van der Waals surface area (Å²) in [4.78, 5) is 23.7. The van der Waals surface area contributed by atoms with Crippen LogP contribution in [0.3, 0.4) is 0 Å². The first-order valence-electron chi connectivity index (χ1n) is 32.6. The molecule has 8 unspecified atom stereocenters. The van der Waals surface area contributed by atoms with Gasteiger partial charge in [-0.05, 0) is 84.6 Å². The van der Waals surface area contributed by atoms with E-state index in [9.17, 15) is 19.8 Å². The van der Waals surface area contributed by atoms with Crippen molar-refractivity contribution < 1.29 is 71.9 Å². The lowest BCUT2D eigenvalue weighted by molar-refractivity contribution is -0.337. The number of carbonyl (C=O) groups excluding carboxylic acids is 2. The highest BCUT2D eigenvalue weighted by Crippen LogP contribution is 2.40. The van der Waals surface area contributed by atoms with E-state index in [1.165, 1.54) is 14.2 Å². The molecule has 6 aromatic carbocycles. The van der Waals surface area contributed by atoms with Gasteiger partial charge >= 0.3 is 11.9 Å². The van der Waals surface area contributed by atoms with Gasteiger partial charge in [0.1, 0.15) is 42.1 Å². The Morgan fingerprint density at radius 3 is 1.16 bits per heavy atom. The summed E-state index contributed by atoms with van der Waals surface area (Å²) in [6.07, 6.45) is -0.454. The van der Waals surface area contributed by atoms with E-state index >= 15 is 0 Å². The molecule has 2 saturated heterocycles. The zero-order valence-electron chi connectivity index (χ0n) is 54.7. The Bertz CT molecular complexity index is 3080. The van der Waals surface area contributed by atoms with Crippen molar-refractivity contribution in [3.8, 4) is 0 Å². The van der Waals surface area contributed by atoms with Crippen LogP contribution in [0.5, 0.6) is 0 Å². The highest BCUT2D eigenvalue weighted by atomic mass is 32.2. The largest absolute Gasteiger partial charge is 0.469 e. The van der Waals surface area contributed by atoms with Gasteiger partial charge in [-0.1, -0.05) is 208 Å². The number of ether oxygens (including phenoxy) is 11. The number of aliphatic hydroxyl groups is 2. The Morgan fingerprint density at radius 1 is 0.452 bits per heavy atom. The molecule has 500 valence electrons. The van der Waals surface area contributed by atoms with Crippen LogP contribution in [0.2, 0.25) is 0 Å². The van der Waals surface area contributed by atoms with Gasteiger partial charge in [-0.3, -0.25) is 9.59 Å². The Balaban J connectivity index is 0.000000203. The number of methoxy groups -OCH3 is 2. The summed E-state index contributed by atoms with van der Waals surface area (Å²) in [6.45, 7) is 18.3. The second-order valence-corrected chi connectivity index (χ2v) is 25.6. The van der Waals surface area contributed by atoms with Gasteiger partial charge in [0.25, 0.3) is 0 Å². The second-order valence-electron chi connectivity index (χ2n) is 24.3. The van der Waals surface area contributed by atoms with Gasteiger partial charge < -0.3 is 62.3 Å². The van der Waals surface area contributed by atoms with E-state index in [-0.39, 0.29) is 78.0 Å². The van der Waals surface area contributed by atoms with E-state index < -0.39 is 48.8 Å². The maximum Gasteiger partial charge on any atom is 0.308 e. The summed E-state index contributed by atoms with van der Waals surface area (Å²) in [5.74, 6) is -0.262. The predicted molar refractivity (Wildman–Crippen MR) is 360 cm³/mol. The SMILES string of the molecule is C=CC1CC(C(=O)OC)C[C@@H](C)[C@@H]1O.C=CC1CC(C(=O)OC)C[C@@H](O)[C@@H]1OC1O[C@@H](C)[C@H](OCc2ccccc2)C(OCc2ccccc2)[C@@H]1OCc1ccccc1.CCSC1O[C@@H](C)[C@H](OCc2ccccc2)C(OCc2ccccc2)[C@@H]1OCc1ccccc1. The molecule has 4 aliphatic rings. The summed E-state index contributed by atoms with van der Waals surface area (Å²) in [5.41, 5.74) is 6.30. The van der Waals surface area contributed by atoms with Crippen LogP contribution in [0.15, 0.2) is 207 Å². The van der Waals surface area contributed by atoms with E-state index in [0.717, 1.165) is 39.1 Å². The lowest BCUT2D eigenvalue weighted by Gasteiger charge is -2.47. The molecule has 0 amide bonds. The molecular weight excluding hydrogens is 1200 g/mol. The van der Waals surface area contributed by atoms with Gasteiger partial charge in [0, 0.05) is 11.8 Å². The molecule has 93 heavy (non-hydrogen) atoms. The van der Waals surface area contributed by atoms with Gasteiger partial charge in [0.2, 0.25) is 0 Å². The van der Waals surface area contributed by atoms with Crippen molar-refractivity contribution in [2.45, 2.75) is 172 Å². The highest BCUT2D eigenvalue weighted by Gasteiger charge is 2.51. The molecule has 0 bridgehead atoms. The lowest BCUT2D eigenvalue weighted by atomic mass is 9.74. The molecule has 18 atom stereocenters. The van der Waals surface area contributed by atoms with Crippen LogP contribution in [-0.2, 0) is 101 Å². The molecule has 0 radical (unpaired) electrons. The number of aliphatic hydroxyl groups excluding tert-OH is 2. The fraction of sp³-hybridized carbons (Fsp3) is 0.455. The quantitative estimate of drug-likeness (QED) is 0.0387. The van der Waals surface area contributed by atoms with Gasteiger partial charge in [-0.25, -0.2) is 0 Å². The van der Waals surface area contributed by atoms with E-state index in [1.807, 2.05) is 159 Å². The Morgan fingerprint density at radius 2 is 0.785 bits per heavy atom. The van der Waals surface area contributed by atoms with Crippen LogP contribution >= 0.6 is 11.8 Å². The van der Waals surface area contributed by atoms with Crippen LogP contribution in [0.25, 0.3) is 0 Å². The number of rotatable bonds is 26. The Labute approximate surface area is 555 Å². The minimum Gasteiger partial charge on any atom is -0.469 e. The van der Waals surface area contributed by atoms with Crippen molar-refractivity contribution in [1.82, 2.24) is 0 Å². The van der Waals surface area contributed by atoms with E-state index in [1.54, 1.807) is 23.9 Å². The number of carbonyl (C=O) groups is 2. The molecule has 6 aromatic rings. The molecule has 10 rings (SSSR count). The zero-order valence-corrected chi connectivity index (χ0v) is 55.5. The molecule has 2 aliphatic heterocycles. The summed E-state index contributed by atoms with van der Waals surface area (Å²) in [6, 6.07) is 60.5. The van der Waals surface area contributed by atoms with Crippen LogP contribution in [0, 0.1) is 29.6 Å². The average molecular weight is 1290 g/mol. The average Bonchev–Trinajstić information content (AvgIpc) is 1.02. The number of thioether (sulfide) groups is 1. The topological polar surface area (TPSA) is 176 Å². The lowest BCUT2D eigenvalue weighted by Crippen LogP contribution is -2.61. The summed E-state index contributed by atoms with van der Waals surface area (Å²) in [7, 11) is 2.76. The summed E-state index contributed by atoms with van der Waals surface area (Å²) >= 11 is 1.76. The molecular formula is C77H96O15S. The standard InChI is InChI=1S/C37H44O8.C29H34O4S.C11H18O3/c1-4-29-20-30(36(39)40-3)21-31(38)33(29)45-37-35(43-24-28-18-12-7-13-19-28)34(42-23-27-16-10-6-11-17-27)32(25(2)44-37)41-22-26-14-8-5-9-15-26;1-3-34-29-28(32-21-25-17-11-6-12-18-25)27(31-20-24-15-9-5-10-16-24)26(22(2)33-29)30-19-23-13-7-4-8-14-23;1-4-8-6-9(11(13)14-3)5-7(2)10(8)12/h4-19,25,29-35,37-38H,1,20-24H2,2-3H3;4-18,22,26-29H,3,19-21H2,1-2H3;4,7-10,12H,1,5-6H2,2-3H3/t25-,29?,30?,31+,32-,33+,34?,35-,37?;22-,26-,27?,28-,29?;7-,8?,9?,10+/m001/s1. The van der Waals surface area contributed by atoms with E-state index in [2.05, 4.69) is 63.4 Å². The number of hydrogen-bond acceptors (Lipinski definition) is 16. The van der Waals surface area contributed by atoms with Crippen molar-refractivity contribution >= 4 is 23.7 Å². The molecule has 2 heterocycles. The molecule has 2 saturated carbocycles. The van der Waals surface area contributed by atoms with Crippen LogP contribution in [0.4, 0.5) is 0 Å². The first-order chi connectivity index (χ1) is 45.3. The third-order valence-electron chi connectivity index (χ3n) is 17.6. The number of hydrogen-bond donors (Lipinski definition) is 2.